The summed E-state index contributed by atoms with van der Waals surface area (Å²) < 4.78 is 37.3. The normalized spacial score (nSPS) is 14.6. The molecule has 1 aliphatic rings. The van der Waals surface area contributed by atoms with E-state index in [1.54, 1.807) is 0 Å². The second-order valence-electron chi connectivity index (χ2n) is 7.05. The van der Waals surface area contributed by atoms with Crippen LogP contribution in [0.15, 0.2) is 57.9 Å². The Kier molecular flexibility index (Phi) is 5.96. The third-order valence-corrected chi connectivity index (χ3v) is 6.79. The van der Waals surface area contributed by atoms with Crippen molar-refractivity contribution in [1.29, 1.82) is 0 Å². The van der Waals surface area contributed by atoms with Crippen LogP contribution in [-0.2, 0) is 23.1 Å². The number of ether oxygens (including phenoxy) is 1. The first-order valence-electron chi connectivity index (χ1n) is 9.70. The number of aromatic nitrogens is 2. The van der Waals surface area contributed by atoms with Crippen molar-refractivity contribution in [2.24, 2.45) is 0 Å². The van der Waals surface area contributed by atoms with Crippen molar-refractivity contribution in [2.75, 3.05) is 13.1 Å². The third kappa shape index (κ3) is 4.72. The van der Waals surface area contributed by atoms with Crippen molar-refractivity contribution >= 4 is 15.7 Å². The molecule has 0 N–H and O–H groups in total. The highest BCUT2D eigenvalue weighted by molar-refractivity contribution is 7.89. The summed E-state index contributed by atoms with van der Waals surface area (Å²) in [6, 6.07) is 13.2. The lowest BCUT2D eigenvalue weighted by Gasteiger charge is -2.15. The minimum Gasteiger partial charge on any atom is -0.477 e. The van der Waals surface area contributed by atoms with E-state index in [-0.39, 0.29) is 23.1 Å². The number of hydrogen-bond donors (Lipinski definition) is 0. The van der Waals surface area contributed by atoms with E-state index in [1.165, 1.54) is 16.4 Å². The van der Waals surface area contributed by atoms with Gasteiger partial charge in [0.15, 0.2) is 18.2 Å². The quantitative estimate of drug-likeness (QED) is 0.383. The van der Waals surface area contributed by atoms with E-state index in [0.29, 0.717) is 25.3 Å². The first-order chi connectivity index (χ1) is 14.9. The van der Waals surface area contributed by atoms with Gasteiger partial charge in [0, 0.05) is 25.6 Å². The molecular formula is C20H20N4O6S. The van der Waals surface area contributed by atoms with Gasteiger partial charge in [0.25, 0.3) is 5.89 Å². The molecule has 4 rings (SSSR count). The Morgan fingerprint density at radius 2 is 1.87 bits per heavy atom. The minimum absolute atomic E-state index is 0.0758. The van der Waals surface area contributed by atoms with Crippen molar-refractivity contribution in [3.05, 3.63) is 75.9 Å². The Bertz CT molecular complexity index is 1170. The van der Waals surface area contributed by atoms with Gasteiger partial charge in [0.05, 0.1) is 9.82 Å². The fraction of sp³-hybridized carbons (Fsp3) is 0.300. The molecule has 3 aromatic rings. The van der Waals surface area contributed by atoms with E-state index in [4.69, 9.17) is 9.26 Å². The standard InChI is InChI=1S/C20H20N4O6S/c25-24(26)17-13-16(31(27,28)23-10-4-5-11-23)8-9-18(17)29-14-20-21-19(22-30-20)12-15-6-2-1-3-7-15/h1-3,6-9,13H,4-5,10-12,14H2. The van der Waals surface area contributed by atoms with Crippen LogP contribution in [0, 0.1) is 10.1 Å². The SMILES string of the molecule is O=[N+]([O-])c1cc(S(=O)(=O)N2CCCC2)ccc1OCc1nc(Cc2ccccc2)no1. The maximum Gasteiger partial charge on any atom is 0.312 e. The lowest BCUT2D eigenvalue weighted by atomic mass is 10.1. The Balaban J connectivity index is 1.48. The predicted octanol–water partition coefficient (Wildman–Crippen LogP) is 2.93. The summed E-state index contributed by atoms with van der Waals surface area (Å²) in [7, 11) is -3.77. The molecule has 0 radical (unpaired) electrons. The fourth-order valence-electron chi connectivity index (χ4n) is 3.34. The smallest absolute Gasteiger partial charge is 0.312 e. The van der Waals surface area contributed by atoms with Crippen LogP contribution in [0.2, 0.25) is 0 Å². The van der Waals surface area contributed by atoms with Gasteiger partial charge < -0.3 is 9.26 Å². The molecule has 31 heavy (non-hydrogen) atoms. The predicted molar refractivity (Wildman–Crippen MR) is 109 cm³/mol. The van der Waals surface area contributed by atoms with Crippen molar-refractivity contribution < 1.29 is 22.6 Å². The molecule has 0 saturated carbocycles. The zero-order chi connectivity index (χ0) is 21.8. The minimum atomic E-state index is -3.77. The Labute approximate surface area is 178 Å². The number of hydrogen-bond acceptors (Lipinski definition) is 8. The largest absolute Gasteiger partial charge is 0.477 e. The average Bonchev–Trinajstić information content (AvgIpc) is 3.45. The van der Waals surface area contributed by atoms with Gasteiger partial charge in [0.1, 0.15) is 0 Å². The maximum absolute atomic E-state index is 12.7. The van der Waals surface area contributed by atoms with E-state index >= 15 is 0 Å². The highest BCUT2D eigenvalue weighted by atomic mass is 32.2. The second kappa shape index (κ2) is 8.82. The summed E-state index contributed by atoms with van der Waals surface area (Å²) in [6.45, 7) is 0.647. The molecular weight excluding hydrogens is 424 g/mol. The van der Waals surface area contributed by atoms with Crippen LogP contribution < -0.4 is 4.74 Å². The fourth-order valence-corrected chi connectivity index (χ4v) is 4.88. The van der Waals surface area contributed by atoms with Crippen molar-refractivity contribution in [1.82, 2.24) is 14.4 Å². The Hall–Kier alpha value is -3.31. The summed E-state index contributed by atoms with van der Waals surface area (Å²) in [4.78, 5) is 14.9. The van der Waals surface area contributed by atoms with Gasteiger partial charge in [-0.1, -0.05) is 35.5 Å². The van der Waals surface area contributed by atoms with Gasteiger partial charge in [-0.25, -0.2) is 8.42 Å². The Morgan fingerprint density at radius 3 is 2.58 bits per heavy atom. The molecule has 0 atom stereocenters. The number of rotatable bonds is 8. The van der Waals surface area contributed by atoms with E-state index in [9.17, 15) is 18.5 Å². The maximum atomic E-state index is 12.7. The van der Waals surface area contributed by atoms with Gasteiger partial charge in [0.2, 0.25) is 10.0 Å². The highest BCUT2D eigenvalue weighted by Gasteiger charge is 2.30. The first-order valence-corrected chi connectivity index (χ1v) is 11.1. The number of sulfonamides is 1. The molecule has 2 heterocycles. The number of benzene rings is 2. The van der Waals surface area contributed by atoms with Crippen LogP contribution in [0.25, 0.3) is 0 Å². The monoisotopic (exact) mass is 444 g/mol. The molecule has 162 valence electrons. The topological polar surface area (TPSA) is 129 Å². The average molecular weight is 444 g/mol. The molecule has 1 aliphatic heterocycles. The van der Waals surface area contributed by atoms with Gasteiger partial charge in [-0.2, -0.15) is 9.29 Å². The number of nitro benzene ring substituents is 1. The van der Waals surface area contributed by atoms with Crippen LogP contribution in [-0.4, -0.2) is 40.9 Å². The van der Waals surface area contributed by atoms with Gasteiger partial charge >= 0.3 is 5.69 Å². The number of nitrogens with zero attached hydrogens (tertiary/aromatic N) is 4. The molecule has 1 aromatic heterocycles. The van der Waals surface area contributed by atoms with Gasteiger partial charge in [-0.15, -0.1) is 0 Å². The Morgan fingerprint density at radius 1 is 1.13 bits per heavy atom. The van der Waals surface area contributed by atoms with E-state index in [1.807, 2.05) is 30.3 Å². The molecule has 1 saturated heterocycles. The van der Waals surface area contributed by atoms with Crippen LogP contribution in [0.1, 0.15) is 30.1 Å². The summed E-state index contributed by atoms with van der Waals surface area (Å²) in [6.07, 6.45) is 2.03. The molecule has 0 bridgehead atoms. The summed E-state index contributed by atoms with van der Waals surface area (Å²) in [5, 5.41) is 15.4. The van der Waals surface area contributed by atoms with Crippen LogP contribution in [0.5, 0.6) is 5.75 Å². The van der Waals surface area contributed by atoms with E-state index in [2.05, 4.69) is 10.1 Å². The van der Waals surface area contributed by atoms with Crippen molar-refractivity contribution in [2.45, 2.75) is 30.8 Å². The molecule has 0 spiro atoms. The van der Waals surface area contributed by atoms with Gasteiger partial charge in [-0.3, -0.25) is 10.1 Å². The molecule has 0 unspecified atom stereocenters. The van der Waals surface area contributed by atoms with Crippen LogP contribution in [0.3, 0.4) is 0 Å². The summed E-state index contributed by atoms with van der Waals surface area (Å²) in [5.74, 6) is 0.550. The summed E-state index contributed by atoms with van der Waals surface area (Å²) in [5.41, 5.74) is 0.575. The molecule has 10 nitrogen and oxygen atoms in total. The number of nitro groups is 1. The van der Waals surface area contributed by atoms with Crippen LogP contribution in [0.4, 0.5) is 5.69 Å². The van der Waals surface area contributed by atoms with E-state index < -0.39 is 20.6 Å². The molecule has 0 amide bonds. The third-order valence-electron chi connectivity index (χ3n) is 4.90. The van der Waals surface area contributed by atoms with Crippen molar-refractivity contribution in [3.8, 4) is 5.75 Å². The van der Waals surface area contributed by atoms with Crippen LogP contribution >= 0.6 is 0 Å². The van der Waals surface area contributed by atoms with Crippen molar-refractivity contribution in [3.63, 3.8) is 0 Å². The van der Waals surface area contributed by atoms with Gasteiger partial charge in [-0.05, 0) is 30.5 Å². The zero-order valence-corrected chi connectivity index (χ0v) is 17.3. The van der Waals surface area contributed by atoms with E-state index in [0.717, 1.165) is 24.5 Å². The summed E-state index contributed by atoms with van der Waals surface area (Å²) >= 11 is 0. The lowest BCUT2D eigenvalue weighted by Crippen LogP contribution is -2.27. The zero-order valence-electron chi connectivity index (χ0n) is 16.5. The molecule has 2 aromatic carbocycles. The molecule has 11 heteroatoms. The molecule has 0 aliphatic carbocycles. The second-order valence-corrected chi connectivity index (χ2v) is 8.99. The molecule has 1 fully saturated rings. The lowest BCUT2D eigenvalue weighted by molar-refractivity contribution is -0.386. The first kappa shape index (κ1) is 20.9. The highest BCUT2D eigenvalue weighted by Crippen LogP contribution is 2.32.